The molecule has 10 rings (SSSR count). The van der Waals surface area contributed by atoms with Crippen LogP contribution in [0, 0.1) is 0 Å². The van der Waals surface area contributed by atoms with Crippen molar-refractivity contribution in [2.24, 2.45) is 0 Å². The van der Waals surface area contributed by atoms with E-state index in [2.05, 4.69) is 60.7 Å². The molecule has 0 radical (unpaired) electrons. The monoisotopic (exact) mass is 705 g/mol. The zero-order valence-corrected chi connectivity index (χ0v) is 29.5. The maximum Gasteiger partial charge on any atom is 0.168 e. The van der Waals surface area contributed by atoms with Gasteiger partial charge in [-0.15, -0.1) is 0 Å². The summed E-state index contributed by atoms with van der Waals surface area (Å²) in [6, 6.07) is 63.4. The van der Waals surface area contributed by atoms with Crippen LogP contribution in [0.1, 0.15) is 0 Å². The molecule has 3 aromatic heterocycles. The molecule has 3 heterocycles. The van der Waals surface area contributed by atoms with Crippen molar-refractivity contribution in [2.75, 3.05) is 0 Å². The van der Waals surface area contributed by atoms with Gasteiger partial charge in [-0.2, -0.15) is 0 Å². The fourth-order valence-electron chi connectivity index (χ4n) is 7.06. The second kappa shape index (κ2) is 13.8. The van der Waals surface area contributed by atoms with Crippen molar-refractivity contribution < 1.29 is 4.42 Å². The summed E-state index contributed by atoms with van der Waals surface area (Å²) in [4.78, 5) is 25.3. The highest BCUT2D eigenvalue weighted by atomic mass is 16.3. The molecule has 0 aliphatic rings. The van der Waals surface area contributed by atoms with Gasteiger partial charge in [-0.1, -0.05) is 170 Å². The van der Waals surface area contributed by atoms with E-state index in [0.717, 1.165) is 77.8 Å². The summed E-state index contributed by atoms with van der Waals surface area (Å²) < 4.78 is 6.68. The van der Waals surface area contributed by atoms with E-state index in [1.54, 1.807) is 0 Å². The SMILES string of the molecule is c1ccc(-c2cc(-c3ccc(-c4ccc5c(oc6ccccc65)c4-c4nc(-c5ccccc5)nc(-c5ccccc5)n4)cc3)nc(-c3ccccc3)n2)cc1. The van der Waals surface area contributed by atoms with Crippen molar-refractivity contribution in [3.8, 4) is 79.2 Å². The predicted octanol–water partition coefficient (Wildman–Crippen LogP) is 12.2. The summed E-state index contributed by atoms with van der Waals surface area (Å²) in [5.41, 5.74) is 10.7. The predicted molar refractivity (Wildman–Crippen MR) is 221 cm³/mol. The summed E-state index contributed by atoms with van der Waals surface area (Å²) in [7, 11) is 0. The Morgan fingerprint density at radius 2 is 0.745 bits per heavy atom. The van der Waals surface area contributed by atoms with Crippen molar-refractivity contribution in [3.63, 3.8) is 0 Å². The summed E-state index contributed by atoms with van der Waals surface area (Å²) in [6.07, 6.45) is 0. The van der Waals surface area contributed by atoms with Crippen LogP contribution in [0.15, 0.2) is 192 Å². The van der Waals surface area contributed by atoms with E-state index in [-0.39, 0.29) is 0 Å². The highest BCUT2D eigenvalue weighted by Crippen LogP contribution is 2.42. The van der Waals surface area contributed by atoms with Gasteiger partial charge in [-0.3, -0.25) is 0 Å². The third kappa shape index (κ3) is 6.11. The van der Waals surface area contributed by atoms with Crippen LogP contribution in [0.4, 0.5) is 0 Å². The Balaban J connectivity index is 1.16. The number of benzene rings is 7. The van der Waals surface area contributed by atoms with Crippen molar-refractivity contribution >= 4 is 21.9 Å². The Morgan fingerprint density at radius 1 is 0.309 bits per heavy atom. The number of rotatable bonds is 7. The molecule has 0 bridgehead atoms. The van der Waals surface area contributed by atoms with Crippen LogP contribution in [-0.4, -0.2) is 24.9 Å². The Labute approximate surface area is 317 Å². The first kappa shape index (κ1) is 32.1. The molecule has 6 heteroatoms. The molecule has 10 aromatic rings. The minimum atomic E-state index is 0.534. The number of furan rings is 1. The first-order valence-electron chi connectivity index (χ1n) is 18.2. The van der Waals surface area contributed by atoms with E-state index < -0.39 is 0 Å². The number of hydrogen-bond acceptors (Lipinski definition) is 6. The summed E-state index contributed by atoms with van der Waals surface area (Å²) in [5, 5.41) is 2.03. The number of fused-ring (bicyclic) bond motifs is 3. The molecule has 0 spiro atoms. The van der Waals surface area contributed by atoms with Gasteiger partial charge in [0.1, 0.15) is 11.2 Å². The van der Waals surface area contributed by atoms with E-state index in [1.807, 2.05) is 127 Å². The van der Waals surface area contributed by atoms with Crippen molar-refractivity contribution in [1.82, 2.24) is 24.9 Å². The Morgan fingerprint density at radius 3 is 1.31 bits per heavy atom. The van der Waals surface area contributed by atoms with Gasteiger partial charge in [0.15, 0.2) is 23.3 Å². The van der Waals surface area contributed by atoms with Gasteiger partial charge in [0.05, 0.1) is 17.0 Å². The van der Waals surface area contributed by atoms with Gasteiger partial charge in [0.2, 0.25) is 0 Å². The highest BCUT2D eigenvalue weighted by molar-refractivity contribution is 6.12. The van der Waals surface area contributed by atoms with E-state index in [4.69, 9.17) is 29.3 Å². The molecule has 55 heavy (non-hydrogen) atoms. The number of nitrogens with zero attached hydrogens (tertiary/aromatic N) is 5. The molecule has 0 fully saturated rings. The Bertz CT molecular complexity index is 2830. The topological polar surface area (TPSA) is 77.6 Å². The molecule has 6 nitrogen and oxygen atoms in total. The Kier molecular flexibility index (Phi) is 8.04. The van der Waals surface area contributed by atoms with Gasteiger partial charge >= 0.3 is 0 Å². The number of para-hydroxylation sites is 1. The van der Waals surface area contributed by atoms with Crippen LogP contribution in [0.25, 0.3) is 101 Å². The van der Waals surface area contributed by atoms with Crippen molar-refractivity contribution in [2.45, 2.75) is 0 Å². The molecular formula is C49H31N5O. The highest BCUT2D eigenvalue weighted by Gasteiger charge is 2.22. The third-order valence-electron chi connectivity index (χ3n) is 9.79. The molecule has 0 atom stereocenters. The molecule has 0 aliphatic heterocycles. The third-order valence-corrected chi connectivity index (χ3v) is 9.79. The summed E-state index contributed by atoms with van der Waals surface area (Å²) in [6.45, 7) is 0. The minimum Gasteiger partial charge on any atom is -0.455 e. The van der Waals surface area contributed by atoms with Crippen LogP contribution in [0.2, 0.25) is 0 Å². The molecule has 0 amide bonds. The number of hydrogen-bond donors (Lipinski definition) is 0. The van der Waals surface area contributed by atoms with Crippen LogP contribution in [0.5, 0.6) is 0 Å². The summed E-state index contributed by atoms with van der Waals surface area (Å²) >= 11 is 0. The van der Waals surface area contributed by atoms with Crippen molar-refractivity contribution in [1.29, 1.82) is 0 Å². The van der Waals surface area contributed by atoms with Crippen LogP contribution in [0.3, 0.4) is 0 Å². The van der Waals surface area contributed by atoms with E-state index in [0.29, 0.717) is 23.3 Å². The van der Waals surface area contributed by atoms with Crippen molar-refractivity contribution in [3.05, 3.63) is 188 Å². The quantitative estimate of drug-likeness (QED) is 0.164. The average molecular weight is 706 g/mol. The molecule has 258 valence electrons. The molecule has 0 saturated carbocycles. The van der Waals surface area contributed by atoms with E-state index in [9.17, 15) is 0 Å². The normalized spacial score (nSPS) is 11.3. The molecule has 0 unspecified atom stereocenters. The maximum atomic E-state index is 6.68. The fraction of sp³-hybridized carbons (Fsp3) is 0. The molecular weight excluding hydrogens is 675 g/mol. The lowest BCUT2D eigenvalue weighted by molar-refractivity contribution is 0.669. The summed E-state index contributed by atoms with van der Waals surface area (Å²) in [5.74, 6) is 2.39. The lowest BCUT2D eigenvalue weighted by Crippen LogP contribution is -2.01. The largest absolute Gasteiger partial charge is 0.455 e. The number of aromatic nitrogens is 5. The van der Waals surface area contributed by atoms with Crippen LogP contribution >= 0.6 is 0 Å². The maximum absolute atomic E-state index is 6.68. The zero-order chi connectivity index (χ0) is 36.6. The average Bonchev–Trinajstić information content (AvgIpc) is 3.66. The zero-order valence-electron chi connectivity index (χ0n) is 29.5. The van der Waals surface area contributed by atoms with E-state index in [1.165, 1.54) is 0 Å². The van der Waals surface area contributed by atoms with Gasteiger partial charge in [-0.25, -0.2) is 24.9 Å². The lowest BCUT2D eigenvalue weighted by Gasteiger charge is -2.13. The molecule has 7 aromatic carbocycles. The van der Waals surface area contributed by atoms with Gasteiger partial charge in [0.25, 0.3) is 0 Å². The standard InChI is InChI=1S/C49H31N5O/c1-5-15-33(16-6-1)41-31-42(51-46(50-41)35-17-7-2-8-18-35)34-27-25-32(26-28-34)38-29-30-40-39-23-13-14-24-43(39)55-45(40)44(38)49-53-47(36-19-9-3-10-20-36)52-48(54-49)37-21-11-4-12-22-37/h1-31H. The first-order valence-corrected chi connectivity index (χ1v) is 18.2. The van der Waals surface area contributed by atoms with Gasteiger partial charge in [-0.05, 0) is 29.3 Å². The lowest BCUT2D eigenvalue weighted by atomic mass is 9.95. The fourth-order valence-corrected chi connectivity index (χ4v) is 7.06. The second-order valence-electron chi connectivity index (χ2n) is 13.3. The second-order valence-corrected chi connectivity index (χ2v) is 13.3. The Hall–Kier alpha value is -7.57. The minimum absolute atomic E-state index is 0.534. The van der Waals surface area contributed by atoms with Gasteiger partial charge in [0, 0.05) is 38.6 Å². The van der Waals surface area contributed by atoms with Crippen LogP contribution in [-0.2, 0) is 0 Å². The smallest absolute Gasteiger partial charge is 0.168 e. The van der Waals surface area contributed by atoms with E-state index >= 15 is 0 Å². The van der Waals surface area contributed by atoms with Gasteiger partial charge < -0.3 is 4.42 Å². The van der Waals surface area contributed by atoms with Crippen LogP contribution < -0.4 is 0 Å². The molecule has 0 aliphatic carbocycles. The first-order chi connectivity index (χ1) is 27.2. The molecule has 0 saturated heterocycles. The molecule has 0 N–H and O–H groups in total.